The number of halogens is 1. The van der Waals surface area contributed by atoms with Gasteiger partial charge < -0.3 is 24.3 Å². The second kappa shape index (κ2) is 9.84. The highest BCUT2D eigenvalue weighted by atomic mass is 35.5. The predicted octanol–water partition coefficient (Wildman–Crippen LogP) is 6.34. The number of pyridine rings is 1. The van der Waals surface area contributed by atoms with Gasteiger partial charge in [-0.15, -0.1) is 0 Å². The van der Waals surface area contributed by atoms with E-state index in [1.54, 1.807) is 14.2 Å². The number of hydrogen-bond acceptors (Lipinski definition) is 4. The van der Waals surface area contributed by atoms with E-state index in [1.165, 1.54) is 0 Å². The number of benzene rings is 2. The summed E-state index contributed by atoms with van der Waals surface area (Å²) in [5.74, 6) is 1.54. The van der Waals surface area contributed by atoms with Gasteiger partial charge in [0.2, 0.25) is 0 Å². The average molecular weight is 519 g/mol. The van der Waals surface area contributed by atoms with Crippen molar-refractivity contribution in [3.63, 3.8) is 0 Å². The zero-order valence-corrected chi connectivity index (χ0v) is 22.1. The molecule has 2 atom stereocenters. The normalized spacial score (nSPS) is 17.2. The number of aryl methyl sites for hydroxylation is 1. The van der Waals surface area contributed by atoms with Crippen LogP contribution >= 0.6 is 23.8 Å². The molecule has 2 aromatic heterocycles. The standard InChI is InChI=1S/C28H27ClN4O2S/c1-17-15-22(18(2)32(17)24-16-19(29)8-13-25(24)35-4)27-26(23-7-5-6-14-30-23)31-28(36)33(27)20-9-11-21(34-3)12-10-20/h5-16,26-27H,1-4H3,(H,31,36)/t26-,27-/m0/s1. The Kier molecular flexibility index (Phi) is 6.60. The van der Waals surface area contributed by atoms with Crippen molar-refractivity contribution in [3.05, 3.63) is 101 Å². The van der Waals surface area contributed by atoms with E-state index in [9.17, 15) is 0 Å². The molecule has 184 valence electrons. The second-order valence-corrected chi connectivity index (χ2v) is 9.50. The third-order valence-electron chi connectivity index (χ3n) is 6.62. The van der Waals surface area contributed by atoms with E-state index in [2.05, 4.69) is 39.7 Å². The van der Waals surface area contributed by atoms with E-state index in [-0.39, 0.29) is 12.1 Å². The SMILES string of the molecule is COc1ccc(N2C(=S)N[C@@H](c3ccccn3)[C@@H]2c2cc(C)n(-c3cc(Cl)ccc3OC)c2C)cc1. The van der Waals surface area contributed by atoms with Gasteiger partial charge in [-0.2, -0.15) is 0 Å². The van der Waals surface area contributed by atoms with Gasteiger partial charge in [0.25, 0.3) is 0 Å². The molecule has 36 heavy (non-hydrogen) atoms. The summed E-state index contributed by atoms with van der Waals surface area (Å²) in [7, 11) is 3.33. The van der Waals surface area contributed by atoms with Crippen molar-refractivity contribution in [2.24, 2.45) is 0 Å². The quantitative estimate of drug-likeness (QED) is 0.301. The molecule has 1 saturated heterocycles. The van der Waals surface area contributed by atoms with Crippen LogP contribution in [-0.2, 0) is 0 Å². The number of aromatic nitrogens is 2. The minimum absolute atomic E-state index is 0.133. The van der Waals surface area contributed by atoms with Crippen LogP contribution in [0, 0.1) is 13.8 Å². The zero-order chi connectivity index (χ0) is 25.4. The van der Waals surface area contributed by atoms with Crippen LogP contribution in [0.1, 0.15) is 34.7 Å². The van der Waals surface area contributed by atoms with Crippen molar-refractivity contribution in [2.75, 3.05) is 19.1 Å². The molecule has 0 bridgehead atoms. The fourth-order valence-corrected chi connectivity index (χ4v) is 5.50. The molecule has 1 aliphatic rings. The molecule has 0 unspecified atom stereocenters. The summed E-state index contributed by atoms with van der Waals surface area (Å²) >= 11 is 12.3. The van der Waals surface area contributed by atoms with Crippen molar-refractivity contribution in [1.29, 1.82) is 0 Å². The number of rotatable bonds is 6. The Bertz CT molecular complexity index is 1410. The molecule has 4 aromatic rings. The minimum atomic E-state index is -0.143. The van der Waals surface area contributed by atoms with Crippen LogP contribution in [0.2, 0.25) is 5.02 Å². The summed E-state index contributed by atoms with van der Waals surface area (Å²) < 4.78 is 13.2. The van der Waals surface area contributed by atoms with Gasteiger partial charge >= 0.3 is 0 Å². The molecule has 5 rings (SSSR count). The highest BCUT2D eigenvalue weighted by Gasteiger charge is 2.42. The van der Waals surface area contributed by atoms with Crippen LogP contribution in [0.5, 0.6) is 11.5 Å². The number of hydrogen-bond donors (Lipinski definition) is 1. The van der Waals surface area contributed by atoms with Crippen LogP contribution < -0.4 is 19.7 Å². The van der Waals surface area contributed by atoms with Crippen LogP contribution in [0.15, 0.2) is 72.9 Å². The lowest BCUT2D eigenvalue weighted by Crippen LogP contribution is -2.29. The molecule has 0 aliphatic carbocycles. The fourth-order valence-electron chi connectivity index (χ4n) is 4.99. The van der Waals surface area contributed by atoms with Crippen molar-refractivity contribution < 1.29 is 9.47 Å². The third kappa shape index (κ3) is 4.18. The van der Waals surface area contributed by atoms with Crippen LogP contribution in [0.3, 0.4) is 0 Å². The predicted molar refractivity (Wildman–Crippen MR) is 148 cm³/mol. The van der Waals surface area contributed by atoms with Crippen molar-refractivity contribution in [2.45, 2.75) is 25.9 Å². The summed E-state index contributed by atoms with van der Waals surface area (Å²) in [6, 6.07) is 21.5. The van der Waals surface area contributed by atoms with E-state index in [1.807, 2.05) is 66.9 Å². The number of anilines is 1. The molecule has 0 spiro atoms. The molecule has 3 heterocycles. The molecular formula is C28H27ClN4O2S. The van der Waals surface area contributed by atoms with Crippen LogP contribution in [-0.4, -0.2) is 28.9 Å². The number of nitrogens with zero attached hydrogens (tertiary/aromatic N) is 3. The second-order valence-electron chi connectivity index (χ2n) is 8.67. The molecule has 1 N–H and O–H groups in total. The number of nitrogens with one attached hydrogen (secondary N) is 1. The Morgan fingerprint density at radius 3 is 2.42 bits per heavy atom. The Hall–Kier alpha value is -3.55. The van der Waals surface area contributed by atoms with Gasteiger partial charge in [0, 0.05) is 28.3 Å². The van der Waals surface area contributed by atoms with Crippen molar-refractivity contribution >= 4 is 34.6 Å². The van der Waals surface area contributed by atoms with Gasteiger partial charge in [-0.1, -0.05) is 17.7 Å². The first-order valence-electron chi connectivity index (χ1n) is 11.6. The number of methoxy groups -OCH3 is 2. The van der Waals surface area contributed by atoms with Gasteiger partial charge in [0.1, 0.15) is 11.5 Å². The van der Waals surface area contributed by atoms with Gasteiger partial charge in [0.05, 0.1) is 37.7 Å². The van der Waals surface area contributed by atoms with Gasteiger partial charge in [-0.3, -0.25) is 4.98 Å². The summed E-state index contributed by atoms with van der Waals surface area (Å²) in [5, 5.41) is 4.82. The first-order valence-corrected chi connectivity index (χ1v) is 12.4. The summed E-state index contributed by atoms with van der Waals surface area (Å²) in [4.78, 5) is 6.83. The van der Waals surface area contributed by atoms with Gasteiger partial charge in [-0.25, -0.2) is 0 Å². The lowest BCUT2D eigenvalue weighted by Gasteiger charge is -2.28. The topological polar surface area (TPSA) is 51.5 Å². The molecule has 8 heteroatoms. The van der Waals surface area contributed by atoms with Gasteiger partial charge in [0.15, 0.2) is 5.11 Å². The lowest BCUT2D eigenvalue weighted by atomic mass is 9.96. The minimum Gasteiger partial charge on any atom is -0.497 e. The van der Waals surface area contributed by atoms with E-state index in [4.69, 9.17) is 33.3 Å². The van der Waals surface area contributed by atoms with Crippen molar-refractivity contribution in [3.8, 4) is 17.2 Å². The molecule has 1 aliphatic heterocycles. The van der Waals surface area contributed by atoms with Crippen LogP contribution in [0.25, 0.3) is 5.69 Å². The molecule has 1 fully saturated rings. The van der Waals surface area contributed by atoms with Gasteiger partial charge in [-0.05, 0) is 92.3 Å². The van der Waals surface area contributed by atoms with E-state index >= 15 is 0 Å². The first kappa shape index (κ1) is 24.2. The van der Waals surface area contributed by atoms with E-state index in [0.717, 1.165) is 45.5 Å². The van der Waals surface area contributed by atoms with Crippen LogP contribution in [0.4, 0.5) is 5.69 Å². The molecule has 0 amide bonds. The Labute approximate surface area is 221 Å². The van der Waals surface area contributed by atoms with E-state index < -0.39 is 0 Å². The highest BCUT2D eigenvalue weighted by Crippen LogP contribution is 2.44. The maximum absolute atomic E-state index is 6.39. The summed E-state index contributed by atoms with van der Waals surface area (Å²) in [6.45, 7) is 4.21. The molecule has 0 saturated carbocycles. The Morgan fingerprint density at radius 2 is 1.75 bits per heavy atom. The maximum Gasteiger partial charge on any atom is 0.174 e. The van der Waals surface area contributed by atoms with Crippen molar-refractivity contribution in [1.82, 2.24) is 14.9 Å². The number of ether oxygens (including phenoxy) is 2. The summed E-state index contributed by atoms with van der Waals surface area (Å²) in [6.07, 6.45) is 1.81. The zero-order valence-electron chi connectivity index (χ0n) is 20.5. The number of thiocarbonyl (C=S) groups is 1. The summed E-state index contributed by atoms with van der Waals surface area (Å²) in [5.41, 5.74) is 6.06. The lowest BCUT2D eigenvalue weighted by molar-refractivity contribution is 0.412. The Morgan fingerprint density at radius 1 is 0.972 bits per heavy atom. The molecule has 2 aromatic carbocycles. The first-order chi connectivity index (χ1) is 17.4. The largest absolute Gasteiger partial charge is 0.497 e. The molecular weight excluding hydrogens is 492 g/mol. The Balaban J connectivity index is 1.69. The van der Waals surface area contributed by atoms with E-state index in [0.29, 0.717) is 10.1 Å². The monoisotopic (exact) mass is 518 g/mol. The molecule has 0 radical (unpaired) electrons. The highest BCUT2D eigenvalue weighted by molar-refractivity contribution is 7.80. The fraction of sp³-hybridized carbons (Fsp3) is 0.214. The average Bonchev–Trinajstić information content (AvgIpc) is 3.39. The maximum atomic E-state index is 6.39. The smallest absolute Gasteiger partial charge is 0.174 e. The molecule has 6 nitrogen and oxygen atoms in total. The third-order valence-corrected chi connectivity index (χ3v) is 7.17.